The van der Waals surface area contributed by atoms with E-state index in [1.165, 1.54) is 53.2 Å². The summed E-state index contributed by atoms with van der Waals surface area (Å²) in [4.78, 5) is 30.7. The van der Waals surface area contributed by atoms with Gasteiger partial charge >= 0.3 is 0 Å². The maximum absolute atomic E-state index is 14.3. The predicted octanol–water partition coefficient (Wildman–Crippen LogP) is 2.24. The summed E-state index contributed by atoms with van der Waals surface area (Å²) in [5, 5.41) is 6.41. The Morgan fingerprint density at radius 2 is 2.10 bits per heavy atom. The highest BCUT2D eigenvalue weighted by atomic mass is 19.1. The Morgan fingerprint density at radius 1 is 1.39 bits per heavy atom. The summed E-state index contributed by atoms with van der Waals surface area (Å²) in [5.74, 6) is -1.91. The summed E-state index contributed by atoms with van der Waals surface area (Å²) < 4.78 is 34.1. The normalized spacial score (nSPS) is 17.0. The largest absolute Gasteiger partial charge is 0.492 e. The molecule has 8 nitrogen and oxygen atoms in total. The highest BCUT2D eigenvalue weighted by molar-refractivity contribution is 5.96. The molecule has 0 saturated carbocycles. The molecular formula is C21H21F2N5O3. The summed E-state index contributed by atoms with van der Waals surface area (Å²) >= 11 is 0. The van der Waals surface area contributed by atoms with Crippen molar-refractivity contribution in [3.05, 3.63) is 77.6 Å². The first-order chi connectivity index (χ1) is 14.8. The number of likely N-dealkylation sites (N-methyl/N-ethyl adjacent to an activating group) is 1. The maximum atomic E-state index is 14.3. The van der Waals surface area contributed by atoms with Crippen molar-refractivity contribution in [2.45, 2.75) is 19.5 Å². The van der Waals surface area contributed by atoms with Crippen LogP contribution in [0.2, 0.25) is 0 Å². The number of aliphatic imine (C=N–C) groups is 1. The average Bonchev–Trinajstić information content (AvgIpc) is 3.08. The molecule has 0 aliphatic carbocycles. The molecule has 1 aliphatic rings. The molecule has 0 bridgehead atoms. The van der Waals surface area contributed by atoms with E-state index < -0.39 is 35.2 Å². The van der Waals surface area contributed by atoms with E-state index >= 15 is 0 Å². The maximum Gasteiger partial charge on any atom is 0.275 e. The molecule has 0 saturated heterocycles. The summed E-state index contributed by atoms with van der Waals surface area (Å²) in [6.07, 6.45) is 3.92. The van der Waals surface area contributed by atoms with Gasteiger partial charge in [0.15, 0.2) is 17.3 Å². The standard InChI is InChI=1S/C21H21F2N5O3/c1-4-9-24-19-13(2)31-12-17(21(30)27(19)3)25-20(29)18-16(23)11-28(26-18)10-14-5-7-15(22)8-6-14/h4-9,11,17H,1,10,12H2,2-3H3,(H,25,29)/t17-/m0/s1. The van der Waals surface area contributed by atoms with Crippen molar-refractivity contribution < 1.29 is 23.1 Å². The topological polar surface area (TPSA) is 88.8 Å². The first kappa shape index (κ1) is 21.9. The third kappa shape index (κ3) is 5.03. The van der Waals surface area contributed by atoms with Crippen molar-refractivity contribution in [1.82, 2.24) is 20.0 Å². The molecule has 0 unspecified atom stereocenters. The molecule has 1 aromatic heterocycles. The Hall–Kier alpha value is -3.82. The lowest BCUT2D eigenvalue weighted by Gasteiger charge is -2.20. The molecule has 1 atom stereocenters. The molecule has 10 heteroatoms. The van der Waals surface area contributed by atoms with Crippen LogP contribution in [0.3, 0.4) is 0 Å². The Bertz CT molecular complexity index is 1060. The van der Waals surface area contributed by atoms with Crippen molar-refractivity contribution in [2.75, 3.05) is 13.7 Å². The molecule has 162 valence electrons. The lowest BCUT2D eigenvalue weighted by atomic mass is 10.2. The number of carbonyl (C=O) groups is 2. The minimum Gasteiger partial charge on any atom is -0.492 e. The number of nitrogens with zero attached hydrogens (tertiary/aromatic N) is 4. The Kier molecular flexibility index (Phi) is 6.58. The Labute approximate surface area is 177 Å². The smallest absolute Gasteiger partial charge is 0.275 e. The monoisotopic (exact) mass is 429 g/mol. The highest BCUT2D eigenvalue weighted by Crippen LogP contribution is 2.18. The second kappa shape index (κ2) is 9.33. The number of halogens is 2. The molecule has 0 radical (unpaired) electrons. The first-order valence-electron chi connectivity index (χ1n) is 9.34. The van der Waals surface area contributed by atoms with Gasteiger partial charge in [0, 0.05) is 13.3 Å². The van der Waals surface area contributed by atoms with Gasteiger partial charge in [-0.25, -0.2) is 13.8 Å². The second-order valence-corrected chi connectivity index (χ2v) is 6.78. The fraction of sp³-hybridized carbons (Fsp3) is 0.238. The van der Waals surface area contributed by atoms with Crippen molar-refractivity contribution in [3.63, 3.8) is 0 Å². The number of hydrogen-bond acceptors (Lipinski definition) is 5. The van der Waals surface area contributed by atoms with Gasteiger partial charge in [-0.3, -0.25) is 19.2 Å². The van der Waals surface area contributed by atoms with Gasteiger partial charge in [0.2, 0.25) is 0 Å². The first-order valence-corrected chi connectivity index (χ1v) is 9.34. The van der Waals surface area contributed by atoms with Crippen molar-refractivity contribution in [2.24, 2.45) is 4.99 Å². The van der Waals surface area contributed by atoms with Crippen LogP contribution in [0.1, 0.15) is 23.0 Å². The summed E-state index contributed by atoms with van der Waals surface area (Å²) in [5.41, 5.74) is 0.218. The Morgan fingerprint density at radius 3 is 2.77 bits per heavy atom. The Balaban J connectivity index is 1.72. The van der Waals surface area contributed by atoms with Crippen molar-refractivity contribution in [1.29, 1.82) is 0 Å². The van der Waals surface area contributed by atoms with Crippen LogP contribution >= 0.6 is 0 Å². The van der Waals surface area contributed by atoms with Gasteiger partial charge in [-0.1, -0.05) is 24.8 Å². The zero-order valence-corrected chi connectivity index (χ0v) is 17.0. The van der Waals surface area contributed by atoms with E-state index in [9.17, 15) is 18.4 Å². The number of nitrogens with one attached hydrogen (secondary N) is 1. The number of rotatable bonds is 6. The van der Waals surface area contributed by atoms with Gasteiger partial charge < -0.3 is 10.1 Å². The number of benzene rings is 1. The number of allylic oxidation sites excluding steroid dienone is 2. The van der Waals surface area contributed by atoms with Gasteiger partial charge in [0.25, 0.3) is 11.8 Å². The summed E-state index contributed by atoms with van der Waals surface area (Å²) in [6, 6.07) is 4.56. The molecular weight excluding hydrogens is 408 g/mol. The SMILES string of the molecule is C=CC=NC1=C(C)OC[C@H](NC(=O)c2nn(Cc3ccc(F)cc3)cc2F)C(=O)N1C. The van der Waals surface area contributed by atoms with Crippen LogP contribution in [0.4, 0.5) is 8.78 Å². The van der Waals surface area contributed by atoms with E-state index in [1.54, 1.807) is 6.92 Å². The number of aromatic nitrogens is 2. The highest BCUT2D eigenvalue weighted by Gasteiger charge is 2.32. The van der Waals surface area contributed by atoms with E-state index in [-0.39, 0.29) is 19.0 Å². The molecule has 1 aliphatic heterocycles. The van der Waals surface area contributed by atoms with E-state index in [2.05, 4.69) is 22.0 Å². The van der Waals surface area contributed by atoms with E-state index in [0.717, 1.165) is 6.20 Å². The fourth-order valence-corrected chi connectivity index (χ4v) is 2.96. The average molecular weight is 429 g/mol. The van der Waals surface area contributed by atoms with E-state index in [1.807, 2.05) is 0 Å². The fourth-order valence-electron chi connectivity index (χ4n) is 2.96. The lowest BCUT2D eigenvalue weighted by Crippen LogP contribution is -2.48. The lowest BCUT2D eigenvalue weighted by molar-refractivity contribution is -0.130. The predicted molar refractivity (Wildman–Crippen MR) is 109 cm³/mol. The van der Waals surface area contributed by atoms with Crippen molar-refractivity contribution >= 4 is 18.0 Å². The molecule has 0 fully saturated rings. The zero-order valence-electron chi connectivity index (χ0n) is 17.0. The molecule has 3 rings (SSSR count). The third-order valence-electron chi connectivity index (χ3n) is 4.53. The van der Waals surface area contributed by atoms with Crippen molar-refractivity contribution in [3.8, 4) is 0 Å². The van der Waals surface area contributed by atoms with Crippen LogP contribution in [0, 0.1) is 11.6 Å². The van der Waals surface area contributed by atoms with Gasteiger partial charge in [0.05, 0.1) is 12.7 Å². The molecule has 2 amide bonds. The second-order valence-electron chi connectivity index (χ2n) is 6.78. The zero-order chi connectivity index (χ0) is 22.5. The summed E-state index contributed by atoms with van der Waals surface area (Å²) in [6.45, 7) is 5.17. The quantitative estimate of drug-likeness (QED) is 0.714. The van der Waals surface area contributed by atoms with Crippen LogP contribution in [0.15, 0.2) is 59.7 Å². The van der Waals surface area contributed by atoms with Gasteiger partial charge in [-0.15, -0.1) is 0 Å². The summed E-state index contributed by atoms with van der Waals surface area (Å²) in [7, 11) is 1.49. The van der Waals surface area contributed by atoms with Gasteiger partial charge in [0.1, 0.15) is 24.2 Å². The van der Waals surface area contributed by atoms with Gasteiger partial charge in [-0.05, 0) is 24.6 Å². The van der Waals surface area contributed by atoms with Crippen LogP contribution < -0.4 is 5.32 Å². The molecule has 2 heterocycles. The number of carbonyl (C=O) groups excluding carboxylic acids is 2. The minimum absolute atomic E-state index is 0.145. The molecule has 1 aromatic carbocycles. The van der Waals surface area contributed by atoms with Crippen LogP contribution in [-0.2, 0) is 16.1 Å². The molecule has 0 spiro atoms. The van der Waals surface area contributed by atoms with Crippen LogP contribution in [-0.4, -0.2) is 52.4 Å². The molecule has 31 heavy (non-hydrogen) atoms. The van der Waals surface area contributed by atoms with E-state index in [0.29, 0.717) is 11.3 Å². The van der Waals surface area contributed by atoms with E-state index in [4.69, 9.17) is 4.74 Å². The number of hydrogen-bond donors (Lipinski definition) is 1. The molecule has 2 aromatic rings. The third-order valence-corrected chi connectivity index (χ3v) is 4.53. The van der Waals surface area contributed by atoms with Crippen LogP contribution in [0.5, 0.6) is 0 Å². The minimum atomic E-state index is -1.06. The van der Waals surface area contributed by atoms with Gasteiger partial charge in [-0.2, -0.15) is 5.10 Å². The van der Waals surface area contributed by atoms with Crippen LogP contribution in [0.25, 0.3) is 0 Å². The number of amides is 2. The molecule has 1 N–H and O–H groups in total. The number of ether oxygens (including phenoxy) is 1.